The summed E-state index contributed by atoms with van der Waals surface area (Å²) in [6.07, 6.45) is 2.07. The van der Waals surface area contributed by atoms with Gasteiger partial charge in [-0.3, -0.25) is 4.79 Å². The molecule has 3 aromatic rings. The van der Waals surface area contributed by atoms with Crippen molar-refractivity contribution in [1.82, 2.24) is 4.90 Å². The third-order valence-electron chi connectivity index (χ3n) is 4.80. The van der Waals surface area contributed by atoms with Crippen LogP contribution in [0.15, 0.2) is 65.6 Å². The number of likely N-dealkylation sites (N-methyl/N-ethyl adjacent to an activating group) is 1. The minimum atomic E-state index is -0.224. The minimum absolute atomic E-state index is 0.0562. The molecule has 0 spiro atoms. The molecule has 0 heterocycles. The molecule has 3 aromatic carbocycles. The van der Waals surface area contributed by atoms with E-state index in [4.69, 9.17) is 0 Å². The van der Waals surface area contributed by atoms with Crippen LogP contribution >= 0.6 is 11.8 Å². The van der Waals surface area contributed by atoms with Gasteiger partial charge in [-0.2, -0.15) is 0 Å². The van der Waals surface area contributed by atoms with Crippen molar-refractivity contribution in [2.24, 2.45) is 0 Å². The second-order valence-corrected chi connectivity index (χ2v) is 7.20. The number of carbonyl (C=O) groups is 1. The summed E-state index contributed by atoms with van der Waals surface area (Å²) in [5.41, 5.74) is 2.96. The van der Waals surface area contributed by atoms with Gasteiger partial charge in [-0.25, -0.2) is 0 Å². The Kier molecular flexibility index (Phi) is 5.64. The van der Waals surface area contributed by atoms with Crippen LogP contribution in [-0.4, -0.2) is 41.9 Å². The van der Waals surface area contributed by atoms with Gasteiger partial charge < -0.3 is 10.0 Å². The maximum atomic E-state index is 12.9. The molecule has 0 saturated carbocycles. The van der Waals surface area contributed by atoms with E-state index >= 15 is 0 Å². The number of thioether (sulfide) groups is 1. The summed E-state index contributed by atoms with van der Waals surface area (Å²) in [5.74, 6) is -0.0764. The molecule has 134 valence electrons. The molecule has 0 bridgehead atoms. The molecular formula is C22H23NO2S. The molecule has 0 radical (unpaired) electrons. The smallest absolute Gasteiger partial charge is 0.254 e. The number of rotatable bonds is 5. The molecule has 0 aliphatic rings. The average molecular weight is 365 g/mol. The molecule has 0 aromatic heterocycles. The number of hydrogen-bond donors (Lipinski definition) is 1. The summed E-state index contributed by atoms with van der Waals surface area (Å²) < 4.78 is 0. The predicted molar refractivity (Wildman–Crippen MR) is 110 cm³/mol. The van der Waals surface area contributed by atoms with Crippen molar-refractivity contribution in [2.45, 2.75) is 17.9 Å². The highest BCUT2D eigenvalue weighted by Gasteiger charge is 2.19. The Balaban J connectivity index is 2.18. The van der Waals surface area contributed by atoms with Gasteiger partial charge in [0, 0.05) is 17.5 Å². The van der Waals surface area contributed by atoms with E-state index in [-0.39, 0.29) is 18.6 Å². The number of fused-ring (bicyclic) bond motifs is 1. The number of nitrogens with zero attached hydrogens (tertiary/aromatic N) is 1. The zero-order valence-electron chi connectivity index (χ0n) is 15.3. The number of carbonyl (C=O) groups excluding carboxylic acids is 1. The molecule has 0 saturated heterocycles. The highest BCUT2D eigenvalue weighted by atomic mass is 32.2. The Labute approximate surface area is 158 Å². The van der Waals surface area contributed by atoms with Gasteiger partial charge in [-0.15, -0.1) is 11.8 Å². The molecular weight excluding hydrogens is 342 g/mol. The van der Waals surface area contributed by atoms with Gasteiger partial charge in [0.25, 0.3) is 5.91 Å². The minimum Gasteiger partial charge on any atom is -0.394 e. The van der Waals surface area contributed by atoms with E-state index in [2.05, 4.69) is 30.5 Å². The third-order valence-corrected chi connectivity index (χ3v) is 5.59. The van der Waals surface area contributed by atoms with Gasteiger partial charge in [-0.05, 0) is 47.2 Å². The van der Waals surface area contributed by atoms with Gasteiger partial charge in [0.2, 0.25) is 0 Å². The second-order valence-electron chi connectivity index (χ2n) is 6.35. The first-order valence-electron chi connectivity index (χ1n) is 8.61. The molecule has 0 aliphatic heterocycles. The van der Waals surface area contributed by atoms with Crippen LogP contribution in [0.1, 0.15) is 17.3 Å². The molecule has 1 N–H and O–H groups in total. The van der Waals surface area contributed by atoms with Gasteiger partial charge in [-0.1, -0.05) is 48.5 Å². The quantitative estimate of drug-likeness (QED) is 0.667. The van der Waals surface area contributed by atoms with Crippen LogP contribution < -0.4 is 0 Å². The van der Waals surface area contributed by atoms with Gasteiger partial charge in [0.1, 0.15) is 0 Å². The lowest BCUT2D eigenvalue weighted by molar-refractivity contribution is 0.0684. The molecule has 1 atom stereocenters. The van der Waals surface area contributed by atoms with Crippen molar-refractivity contribution in [3.05, 3.63) is 66.2 Å². The topological polar surface area (TPSA) is 40.5 Å². The maximum absolute atomic E-state index is 12.9. The van der Waals surface area contributed by atoms with E-state index < -0.39 is 0 Å². The first-order valence-corrected chi connectivity index (χ1v) is 9.84. The van der Waals surface area contributed by atoms with Crippen molar-refractivity contribution >= 4 is 28.4 Å². The van der Waals surface area contributed by atoms with E-state index in [1.165, 1.54) is 10.5 Å². The number of aliphatic hydroxyl groups excluding tert-OH is 1. The number of aliphatic hydroxyl groups is 1. The predicted octanol–water partition coefficient (Wildman–Crippen LogP) is 4.68. The van der Waals surface area contributed by atoms with Crippen LogP contribution in [-0.2, 0) is 0 Å². The van der Waals surface area contributed by atoms with Gasteiger partial charge in [0.15, 0.2) is 0 Å². The molecule has 3 rings (SSSR count). The molecule has 0 fully saturated rings. The summed E-state index contributed by atoms with van der Waals surface area (Å²) in [4.78, 5) is 15.7. The lowest BCUT2D eigenvalue weighted by Gasteiger charge is -2.24. The van der Waals surface area contributed by atoms with Gasteiger partial charge in [0.05, 0.1) is 12.6 Å². The van der Waals surface area contributed by atoms with Crippen LogP contribution in [0.4, 0.5) is 0 Å². The highest BCUT2D eigenvalue weighted by Crippen LogP contribution is 2.35. The Morgan fingerprint density at radius 1 is 1.00 bits per heavy atom. The highest BCUT2D eigenvalue weighted by molar-refractivity contribution is 7.98. The van der Waals surface area contributed by atoms with Crippen molar-refractivity contribution in [3.8, 4) is 11.1 Å². The number of benzene rings is 3. The lowest BCUT2D eigenvalue weighted by Crippen LogP contribution is -2.37. The summed E-state index contributed by atoms with van der Waals surface area (Å²) >= 11 is 1.72. The SMILES string of the molecule is CSc1ccccc1-c1cccc2c(C(=O)N(C)C(C)CO)cccc12. The Bertz CT molecular complexity index is 938. The Morgan fingerprint density at radius 3 is 2.38 bits per heavy atom. The standard InChI is InChI=1S/C22H23NO2S/c1-15(14-24)23(2)22(25)20-12-7-9-16-17(10-6-11-18(16)20)19-8-4-5-13-21(19)26-3/h4-13,15,24H,14H2,1-3H3. The zero-order chi connectivity index (χ0) is 18.7. The fraction of sp³-hybridized carbons (Fsp3) is 0.227. The average Bonchev–Trinajstić information content (AvgIpc) is 2.71. The van der Waals surface area contributed by atoms with Crippen LogP contribution in [0.2, 0.25) is 0 Å². The van der Waals surface area contributed by atoms with Crippen LogP contribution in [0, 0.1) is 0 Å². The van der Waals surface area contributed by atoms with E-state index in [0.29, 0.717) is 5.56 Å². The van der Waals surface area contributed by atoms with Crippen LogP contribution in [0.5, 0.6) is 0 Å². The first kappa shape index (κ1) is 18.5. The Hall–Kier alpha value is -2.30. The van der Waals surface area contributed by atoms with Crippen molar-refractivity contribution in [2.75, 3.05) is 19.9 Å². The van der Waals surface area contributed by atoms with E-state index in [9.17, 15) is 9.90 Å². The molecule has 4 heteroatoms. The third kappa shape index (κ3) is 3.35. The summed E-state index contributed by atoms with van der Waals surface area (Å²) in [7, 11) is 1.73. The van der Waals surface area contributed by atoms with Crippen molar-refractivity contribution < 1.29 is 9.90 Å². The van der Waals surface area contributed by atoms with E-state index in [1.807, 2.05) is 43.3 Å². The maximum Gasteiger partial charge on any atom is 0.254 e. The van der Waals surface area contributed by atoms with Crippen molar-refractivity contribution in [1.29, 1.82) is 0 Å². The van der Waals surface area contributed by atoms with Crippen molar-refractivity contribution in [3.63, 3.8) is 0 Å². The summed E-state index contributed by atoms with van der Waals surface area (Å²) in [6, 6.07) is 20.0. The van der Waals surface area contributed by atoms with Gasteiger partial charge >= 0.3 is 0 Å². The fourth-order valence-corrected chi connectivity index (χ4v) is 3.72. The van der Waals surface area contributed by atoms with E-state index in [1.54, 1.807) is 23.7 Å². The summed E-state index contributed by atoms with van der Waals surface area (Å²) in [5, 5.41) is 11.4. The lowest BCUT2D eigenvalue weighted by atomic mass is 9.95. The molecule has 3 nitrogen and oxygen atoms in total. The van der Waals surface area contributed by atoms with Crippen LogP contribution in [0.3, 0.4) is 0 Å². The molecule has 1 amide bonds. The first-order chi connectivity index (χ1) is 12.6. The Morgan fingerprint density at radius 2 is 1.65 bits per heavy atom. The monoisotopic (exact) mass is 365 g/mol. The second kappa shape index (κ2) is 7.94. The largest absolute Gasteiger partial charge is 0.394 e. The summed E-state index contributed by atoms with van der Waals surface area (Å²) in [6.45, 7) is 1.78. The molecule has 26 heavy (non-hydrogen) atoms. The number of hydrogen-bond acceptors (Lipinski definition) is 3. The zero-order valence-corrected chi connectivity index (χ0v) is 16.1. The molecule has 1 unspecified atom stereocenters. The fourth-order valence-electron chi connectivity index (χ4n) is 3.11. The number of amides is 1. The van der Waals surface area contributed by atoms with E-state index in [0.717, 1.165) is 16.3 Å². The van der Waals surface area contributed by atoms with Crippen LogP contribution in [0.25, 0.3) is 21.9 Å². The molecule has 0 aliphatic carbocycles. The normalized spacial score (nSPS) is 12.2.